The fourth-order valence-corrected chi connectivity index (χ4v) is 4.85. The normalized spacial score (nSPS) is 29.6. The molecule has 1 spiro atoms. The third kappa shape index (κ3) is 2.54. The lowest BCUT2D eigenvalue weighted by Gasteiger charge is -2.53. The number of benzene rings is 1. The van der Waals surface area contributed by atoms with Gasteiger partial charge in [-0.2, -0.15) is 0 Å². The molecule has 0 aromatic heterocycles. The molecule has 2 unspecified atom stereocenters. The maximum absolute atomic E-state index is 6.24. The van der Waals surface area contributed by atoms with Crippen molar-refractivity contribution in [1.29, 1.82) is 0 Å². The molecule has 2 saturated carbocycles. The minimum atomic E-state index is 0.329. The van der Waals surface area contributed by atoms with Crippen LogP contribution in [0.1, 0.15) is 44.9 Å². The second-order valence-corrected chi connectivity index (χ2v) is 7.40. The molecule has 104 valence electrons. The van der Waals surface area contributed by atoms with E-state index in [1.165, 1.54) is 38.5 Å². The van der Waals surface area contributed by atoms with Gasteiger partial charge in [-0.05, 0) is 31.4 Å². The quantitative estimate of drug-likeness (QED) is 0.635. The van der Waals surface area contributed by atoms with E-state index in [2.05, 4.69) is 15.9 Å². The summed E-state index contributed by atoms with van der Waals surface area (Å²) in [4.78, 5) is 0.616. The van der Waals surface area contributed by atoms with E-state index in [-0.39, 0.29) is 0 Å². The van der Waals surface area contributed by atoms with Gasteiger partial charge in [0.15, 0.2) is 0 Å². The van der Waals surface area contributed by atoms with Gasteiger partial charge in [0.25, 0.3) is 0 Å². The SMILES string of the molecule is Clc1ccccc1OC1CC(Br)C12CCCCCC2. The van der Waals surface area contributed by atoms with E-state index in [4.69, 9.17) is 16.3 Å². The first kappa shape index (κ1) is 13.8. The van der Waals surface area contributed by atoms with Gasteiger partial charge in [-0.25, -0.2) is 0 Å². The maximum atomic E-state index is 6.24. The van der Waals surface area contributed by atoms with E-state index in [0.717, 1.165) is 17.2 Å². The highest BCUT2D eigenvalue weighted by atomic mass is 79.9. The van der Waals surface area contributed by atoms with Crippen LogP contribution in [-0.2, 0) is 0 Å². The van der Waals surface area contributed by atoms with Gasteiger partial charge >= 0.3 is 0 Å². The van der Waals surface area contributed by atoms with Gasteiger partial charge in [0.1, 0.15) is 11.9 Å². The Labute approximate surface area is 128 Å². The number of rotatable bonds is 2. The first-order valence-corrected chi connectivity index (χ1v) is 8.57. The highest BCUT2D eigenvalue weighted by Crippen LogP contribution is 2.56. The highest BCUT2D eigenvalue weighted by Gasteiger charge is 2.55. The molecule has 2 atom stereocenters. The molecule has 2 fully saturated rings. The summed E-state index contributed by atoms with van der Waals surface area (Å²) in [6.45, 7) is 0. The van der Waals surface area contributed by atoms with Crippen molar-refractivity contribution < 1.29 is 4.74 Å². The van der Waals surface area contributed by atoms with Gasteiger partial charge in [0.2, 0.25) is 0 Å². The van der Waals surface area contributed by atoms with Gasteiger partial charge in [-0.15, -0.1) is 0 Å². The van der Waals surface area contributed by atoms with Gasteiger partial charge in [-0.1, -0.05) is 65.3 Å². The number of alkyl halides is 1. The molecule has 0 saturated heterocycles. The molecule has 1 aromatic rings. The monoisotopic (exact) mass is 342 g/mol. The van der Waals surface area contributed by atoms with Crippen LogP contribution in [0.5, 0.6) is 5.75 Å². The standard InChI is InChI=1S/C16H20BrClO/c17-14-11-15(16(14)9-5-1-2-6-10-16)19-13-8-4-3-7-12(13)18/h3-4,7-8,14-15H,1-2,5-6,9-11H2. The molecule has 2 aliphatic rings. The molecule has 0 bridgehead atoms. The van der Waals surface area contributed by atoms with E-state index < -0.39 is 0 Å². The number of halogens is 2. The summed E-state index contributed by atoms with van der Waals surface area (Å²) in [7, 11) is 0. The average Bonchev–Trinajstić information content (AvgIpc) is 2.68. The smallest absolute Gasteiger partial charge is 0.138 e. The lowest BCUT2D eigenvalue weighted by atomic mass is 9.61. The minimum absolute atomic E-state index is 0.329. The first-order valence-electron chi connectivity index (χ1n) is 7.28. The summed E-state index contributed by atoms with van der Waals surface area (Å²) in [5.41, 5.74) is 0.343. The molecule has 0 N–H and O–H groups in total. The van der Waals surface area contributed by atoms with E-state index in [1.807, 2.05) is 24.3 Å². The lowest BCUT2D eigenvalue weighted by molar-refractivity contribution is -0.0461. The van der Waals surface area contributed by atoms with Gasteiger partial charge < -0.3 is 4.74 Å². The molecule has 19 heavy (non-hydrogen) atoms. The van der Waals surface area contributed by atoms with Crippen LogP contribution in [-0.4, -0.2) is 10.9 Å². The Bertz CT molecular complexity index is 440. The van der Waals surface area contributed by atoms with Crippen molar-refractivity contribution in [1.82, 2.24) is 0 Å². The Hall–Kier alpha value is -0.210. The predicted molar refractivity (Wildman–Crippen MR) is 83.3 cm³/mol. The first-order chi connectivity index (χ1) is 9.22. The van der Waals surface area contributed by atoms with Crippen LogP contribution < -0.4 is 4.74 Å². The maximum Gasteiger partial charge on any atom is 0.138 e. The van der Waals surface area contributed by atoms with Gasteiger partial charge in [0, 0.05) is 10.2 Å². The zero-order chi connectivity index (χ0) is 13.3. The summed E-state index contributed by atoms with van der Waals surface area (Å²) in [5.74, 6) is 0.845. The Morgan fingerprint density at radius 1 is 1.11 bits per heavy atom. The van der Waals surface area contributed by atoms with Crippen molar-refractivity contribution in [2.75, 3.05) is 0 Å². The number of hydrogen-bond donors (Lipinski definition) is 0. The van der Waals surface area contributed by atoms with Crippen molar-refractivity contribution in [3.05, 3.63) is 29.3 Å². The third-order valence-corrected chi connectivity index (χ3v) is 6.42. The van der Waals surface area contributed by atoms with Crippen molar-refractivity contribution in [2.45, 2.75) is 55.9 Å². The lowest BCUT2D eigenvalue weighted by Crippen LogP contribution is -2.56. The molecule has 3 rings (SSSR count). The summed E-state index contributed by atoms with van der Waals surface area (Å²) >= 11 is 10.1. The van der Waals surface area contributed by atoms with Crippen molar-refractivity contribution >= 4 is 27.5 Å². The second-order valence-electron chi connectivity index (χ2n) is 5.89. The second kappa shape index (κ2) is 5.65. The Kier molecular flexibility index (Phi) is 4.09. The van der Waals surface area contributed by atoms with Crippen LogP contribution in [0.4, 0.5) is 0 Å². The summed E-state index contributed by atoms with van der Waals surface area (Å²) in [6.07, 6.45) is 9.44. The molecular formula is C16H20BrClO. The summed E-state index contributed by atoms with van der Waals surface area (Å²) < 4.78 is 6.24. The fourth-order valence-electron chi connectivity index (χ4n) is 3.58. The molecule has 0 aliphatic heterocycles. The van der Waals surface area contributed by atoms with E-state index in [0.29, 0.717) is 16.3 Å². The summed E-state index contributed by atoms with van der Waals surface area (Å²) in [6, 6.07) is 7.82. The van der Waals surface area contributed by atoms with Gasteiger partial charge in [0.05, 0.1) is 5.02 Å². The number of para-hydroxylation sites is 1. The molecule has 0 amide bonds. The van der Waals surface area contributed by atoms with Crippen molar-refractivity contribution in [3.8, 4) is 5.75 Å². The van der Waals surface area contributed by atoms with Crippen LogP contribution in [0.25, 0.3) is 0 Å². The Morgan fingerprint density at radius 3 is 2.42 bits per heavy atom. The molecule has 0 heterocycles. The van der Waals surface area contributed by atoms with Crippen LogP contribution in [0.2, 0.25) is 5.02 Å². The molecule has 3 heteroatoms. The molecule has 2 aliphatic carbocycles. The summed E-state index contributed by atoms with van der Waals surface area (Å²) in [5, 5.41) is 0.726. The number of hydrogen-bond acceptors (Lipinski definition) is 1. The number of ether oxygens (including phenoxy) is 1. The zero-order valence-corrected chi connectivity index (χ0v) is 13.4. The van der Waals surface area contributed by atoms with Crippen LogP contribution in [0.15, 0.2) is 24.3 Å². The predicted octanol–water partition coefficient (Wildman–Crippen LogP) is 5.60. The Balaban J connectivity index is 1.76. The van der Waals surface area contributed by atoms with Crippen molar-refractivity contribution in [3.63, 3.8) is 0 Å². The average molecular weight is 344 g/mol. The van der Waals surface area contributed by atoms with Crippen LogP contribution >= 0.6 is 27.5 Å². The third-order valence-electron chi connectivity index (χ3n) is 4.83. The zero-order valence-electron chi connectivity index (χ0n) is 11.1. The van der Waals surface area contributed by atoms with Crippen molar-refractivity contribution in [2.24, 2.45) is 5.41 Å². The largest absolute Gasteiger partial charge is 0.488 e. The Morgan fingerprint density at radius 2 is 1.79 bits per heavy atom. The molecule has 1 nitrogen and oxygen atoms in total. The van der Waals surface area contributed by atoms with Gasteiger partial charge in [-0.3, -0.25) is 0 Å². The highest BCUT2D eigenvalue weighted by molar-refractivity contribution is 9.09. The van der Waals surface area contributed by atoms with E-state index in [9.17, 15) is 0 Å². The van der Waals surface area contributed by atoms with E-state index in [1.54, 1.807) is 0 Å². The molecule has 1 aromatic carbocycles. The topological polar surface area (TPSA) is 9.23 Å². The molecule has 0 radical (unpaired) electrons. The fraction of sp³-hybridized carbons (Fsp3) is 0.625. The minimum Gasteiger partial charge on any atom is -0.488 e. The van der Waals surface area contributed by atoms with Crippen LogP contribution in [0.3, 0.4) is 0 Å². The molecular weight excluding hydrogens is 324 g/mol. The van der Waals surface area contributed by atoms with Crippen LogP contribution in [0, 0.1) is 5.41 Å². The van der Waals surface area contributed by atoms with E-state index >= 15 is 0 Å².